The third kappa shape index (κ3) is 10.4. The summed E-state index contributed by atoms with van der Waals surface area (Å²) < 4.78 is 27.9. The summed E-state index contributed by atoms with van der Waals surface area (Å²) in [6, 6.07) is 30.8. The van der Waals surface area contributed by atoms with Crippen LogP contribution in [0, 0.1) is 0 Å². The summed E-state index contributed by atoms with van der Waals surface area (Å²) >= 11 is 0. The van der Waals surface area contributed by atoms with Gasteiger partial charge in [0.1, 0.15) is 35.6 Å². The van der Waals surface area contributed by atoms with Crippen molar-refractivity contribution in [3.05, 3.63) is 120 Å². The molecule has 0 heterocycles. The van der Waals surface area contributed by atoms with Crippen LogP contribution in [0.25, 0.3) is 0 Å². The zero-order chi connectivity index (χ0) is 31.0. The van der Waals surface area contributed by atoms with Crippen LogP contribution in [0.5, 0.6) is 23.0 Å². The maximum atomic E-state index is 13.0. The van der Waals surface area contributed by atoms with Crippen molar-refractivity contribution in [2.75, 3.05) is 26.9 Å². The number of methoxy groups -OCH3 is 1. The van der Waals surface area contributed by atoms with Gasteiger partial charge in [-0.2, -0.15) is 0 Å². The van der Waals surface area contributed by atoms with Crippen LogP contribution in [0.3, 0.4) is 0 Å². The molecule has 0 fully saturated rings. The fourth-order valence-corrected chi connectivity index (χ4v) is 4.27. The van der Waals surface area contributed by atoms with Gasteiger partial charge in [-0.1, -0.05) is 49.4 Å². The lowest BCUT2D eigenvalue weighted by molar-refractivity contribution is -0.142. The van der Waals surface area contributed by atoms with Gasteiger partial charge in [0.2, 0.25) is 0 Å². The number of benzene rings is 4. The first-order valence-electron chi connectivity index (χ1n) is 14.8. The van der Waals surface area contributed by atoms with E-state index in [-0.39, 0.29) is 12.3 Å². The van der Waals surface area contributed by atoms with E-state index in [1.165, 1.54) is 7.11 Å². The Morgan fingerprint density at radius 3 is 1.73 bits per heavy atom. The third-order valence-corrected chi connectivity index (χ3v) is 6.64. The molecule has 0 saturated heterocycles. The first-order chi connectivity index (χ1) is 21.5. The Bertz CT molecular complexity index is 1420. The lowest BCUT2D eigenvalue weighted by atomic mass is 10.0. The highest BCUT2D eigenvalue weighted by Crippen LogP contribution is 2.19. The van der Waals surface area contributed by atoms with Crippen molar-refractivity contribution in [2.45, 2.75) is 38.8 Å². The molecule has 1 N–H and O–H groups in total. The number of carbonyl (C=O) groups is 2. The van der Waals surface area contributed by atoms with Gasteiger partial charge >= 0.3 is 5.97 Å². The van der Waals surface area contributed by atoms with Crippen LogP contribution in [0.4, 0.5) is 0 Å². The number of carbonyl (C=O) groups excluding carboxylic acids is 2. The van der Waals surface area contributed by atoms with Crippen LogP contribution in [-0.4, -0.2) is 44.8 Å². The molecule has 0 aliphatic rings. The SMILES string of the molecule is CCCOc1ccc(OCCCOc2ccc(C(=O)NC(Cc3ccc(OCc4ccccc4)cc3)C(=O)OC)cc2)cc1. The molecule has 4 aromatic rings. The van der Waals surface area contributed by atoms with Gasteiger partial charge < -0.3 is 29.0 Å². The van der Waals surface area contributed by atoms with Gasteiger partial charge in [0.25, 0.3) is 5.91 Å². The number of esters is 1. The second-order valence-electron chi connectivity index (χ2n) is 10.1. The Hall–Kier alpha value is -4.98. The van der Waals surface area contributed by atoms with E-state index in [4.69, 9.17) is 23.7 Å². The monoisotopic (exact) mass is 597 g/mol. The van der Waals surface area contributed by atoms with Crippen molar-refractivity contribution in [2.24, 2.45) is 0 Å². The normalized spacial score (nSPS) is 11.2. The molecule has 8 heteroatoms. The first-order valence-corrected chi connectivity index (χ1v) is 14.8. The van der Waals surface area contributed by atoms with Crippen LogP contribution in [0.15, 0.2) is 103 Å². The van der Waals surface area contributed by atoms with Crippen LogP contribution < -0.4 is 24.3 Å². The number of rotatable bonds is 17. The summed E-state index contributed by atoms with van der Waals surface area (Å²) in [7, 11) is 1.30. The van der Waals surface area contributed by atoms with Crippen LogP contribution in [0.1, 0.15) is 41.3 Å². The van der Waals surface area contributed by atoms with Gasteiger partial charge in [-0.15, -0.1) is 0 Å². The van der Waals surface area contributed by atoms with Crippen molar-refractivity contribution in [1.29, 1.82) is 0 Å². The number of amides is 1. The van der Waals surface area contributed by atoms with E-state index in [1.54, 1.807) is 24.3 Å². The van der Waals surface area contributed by atoms with Crippen molar-refractivity contribution < 1.29 is 33.3 Å². The quantitative estimate of drug-likeness (QED) is 0.111. The Balaban J connectivity index is 1.20. The Morgan fingerprint density at radius 2 is 1.16 bits per heavy atom. The summed E-state index contributed by atoms with van der Waals surface area (Å²) in [5.41, 5.74) is 2.34. The van der Waals surface area contributed by atoms with Gasteiger partial charge in [-0.25, -0.2) is 4.79 Å². The summed E-state index contributed by atoms with van der Waals surface area (Å²) in [6.07, 6.45) is 1.93. The molecule has 0 aromatic heterocycles. The van der Waals surface area contributed by atoms with E-state index in [0.717, 1.165) is 29.0 Å². The molecule has 1 amide bonds. The Kier molecular flexibility index (Phi) is 12.5. The van der Waals surface area contributed by atoms with Crippen molar-refractivity contribution >= 4 is 11.9 Å². The van der Waals surface area contributed by atoms with E-state index in [9.17, 15) is 9.59 Å². The Morgan fingerprint density at radius 1 is 0.636 bits per heavy atom. The van der Waals surface area contributed by atoms with Crippen molar-refractivity contribution in [3.63, 3.8) is 0 Å². The Labute approximate surface area is 258 Å². The predicted octanol–water partition coefficient (Wildman–Crippen LogP) is 6.42. The molecular formula is C36H39NO7. The number of hydrogen-bond donors (Lipinski definition) is 1. The average molecular weight is 598 g/mol. The topological polar surface area (TPSA) is 92.3 Å². The van der Waals surface area contributed by atoms with Crippen LogP contribution in [0.2, 0.25) is 0 Å². The molecule has 0 aliphatic heterocycles. The lowest BCUT2D eigenvalue weighted by Crippen LogP contribution is -2.43. The van der Waals surface area contributed by atoms with Gasteiger partial charge in [-0.05, 0) is 78.2 Å². The molecule has 1 unspecified atom stereocenters. The molecule has 0 radical (unpaired) electrons. The van der Waals surface area contributed by atoms with E-state index in [2.05, 4.69) is 12.2 Å². The average Bonchev–Trinajstić information content (AvgIpc) is 3.07. The van der Waals surface area contributed by atoms with E-state index >= 15 is 0 Å². The molecule has 4 aromatic carbocycles. The van der Waals surface area contributed by atoms with Gasteiger partial charge in [0.15, 0.2) is 0 Å². The second-order valence-corrected chi connectivity index (χ2v) is 10.1. The van der Waals surface area contributed by atoms with E-state index in [0.29, 0.717) is 49.9 Å². The molecule has 0 bridgehead atoms. The second kappa shape index (κ2) is 17.2. The molecule has 44 heavy (non-hydrogen) atoms. The van der Waals surface area contributed by atoms with E-state index < -0.39 is 12.0 Å². The highest BCUT2D eigenvalue weighted by Gasteiger charge is 2.23. The maximum absolute atomic E-state index is 13.0. The maximum Gasteiger partial charge on any atom is 0.328 e. The van der Waals surface area contributed by atoms with Gasteiger partial charge in [0, 0.05) is 18.4 Å². The lowest BCUT2D eigenvalue weighted by Gasteiger charge is -2.17. The molecule has 0 spiro atoms. The standard InChI is InChI=1S/C36H39NO7/c1-3-22-41-31-18-20-32(21-19-31)43-24-7-23-42-30-16-12-29(13-17-30)35(38)37-34(36(39)40-2)25-27-10-14-33(15-11-27)44-26-28-8-5-4-6-9-28/h4-6,8-21,34H,3,7,22-26H2,1-2H3,(H,37,38). The first kappa shape index (κ1) is 31.9. The minimum Gasteiger partial charge on any atom is -0.494 e. The largest absolute Gasteiger partial charge is 0.494 e. The molecule has 8 nitrogen and oxygen atoms in total. The number of ether oxygens (including phenoxy) is 5. The fourth-order valence-electron chi connectivity index (χ4n) is 4.27. The smallest absolute Gasteiger partial charge is 0.328 e. The third-order valence-electron chi connectivity index (χ3n) is 6.64. The van der Waals surface area contributed by atoms with E-state index in [1.807, 2.05) is 78.9 Å². The summed E-state index contributed by atoms with van der Waals surface area (Å²) in [5, 5.41) is 2.79. The minimum absolute atomic E-state index is 0.275. The summed E-state index contributed by atoms with van der Waals surface area (Å²) in [5.74, 6) is 2.06. The highest BCUT2D eigenvalue weighted by molar-refractivity contribution is 5.96. The fraction of sp³-hybridized carbons (Fsp3) is 0.278. The zero-order valence-electron chi connectivity index (χ0n) is 25.2. The molecule has 0 aliphatic carbocycles. The van der Waals surface area contributed by atoms with Gasteiger partial charge in [0.05, 0.1) is 26.9 Å². The van der Waals surface area contributed by atoms with Crippen LogP contribution >= 0.6 is 0 Å². The van der Waals surface area contributed by atoms with Gasteiger partial charge in [-0.3, -0.25) is 4.79 Å². The number of hydrogen-bond acceptors (Lipinski definition) is 7. The molecule has 1 atom stereocenters. The van der Waals surface area contributed by atoms with Crippen molar-refractivity contribution in [3.8, 4) is 23.0 Å². The summed E-state index contributed by atoms with van der Waals surface area (Å²) in [4.78, 5) is 25.4. The molecular weight excluding hydrogens is 558 g/mol. The predicted molar refractivity (Wildman–Crippen MR) is 168 cm³/mol. The minimum atomic E-state index is -0.848. The van der Waals surface area contributed by atoms with Crippen molar-refractivity contribution in [1.82, 2.24) is 5.32 Å². The molecule has 4 rings (SSSR count). The molecule has 0 saturated carbocycles. The van der Waals surface area contributed by atoms with Crippen LogP contribution in [-0.2, 0) is 22.6 Å². The zero-order valence-corrected chi connectivity index (χ0v) is 25.2. The highest BCUT2D eigenvalue weighted by atomic mass is 16.5. The number of nitrogens with one attached hydrogen (secondary N) is 1. The summed E-state index contributed by atoms with van der Waals surface area (Å²) in [6.45, 7) is 4.20. The molecule has 230 valence electrons.